The van der Waals surface area contributed by atoms with Crippen LogP contribution in [0.5, 0.6) is 0 Å². The highest BCUT2D eigenvalue weighted by molar-refractivity contribution is 5.29. The molecular weight excluding hydrogens is 206 g/mol. The van der Waals surface area contributed by atoms with Gasteiger partial charge in [0, 0.05) is 0 Å². The molecule has 1 heteroatoms. The van der Waals surface area contributed by atoms with E-state index in [1.54, 1.807) is 0 Å². The van der Waals surface area contributed by atoms with Gasteiger partial charge in [0.2, 0.25) is 0 Å². The molecule has 1 fully saturated rings. The van der Waals surface area contributed by atoms with Crippen molar-refractivity contribution < 1.29 is 0 Å². The van der Waals surface area contributed by atoms with Crippen LogP contribution in [0.4, 0.5) is 0 Å². The minimum Gasteiger partial charge on any atom is -0.198 e. The Balaban J connectivity index is 2.15. The highest BCUT2D eigenvalue weighted by atomic mass is 14.3. The van der Waals surface area contributed by atoms with Crippen LogP contribution < -0.4 is 0 Å². The Hall–Kier alpha value is -1.29. The molecule has 0 radical (unpaired) electrons. The molecule has 0 N–H and O–H groups in total. The van der Waals surface area contributed by atoms with Gasteiger partial charge in [0.05, 0.1) is 12.0 Å². The summed E-state index contributed by atoms with van der Waals surface area (Å²) in [5, 5.41) is 9.44. The molecule has 1 saturated carbocycles. The van der Waals surface area contributed by atoms with E-state index < -0.39 is 0 Å². The van der Waals surface area contributed by atoms with Gasteiger partial charge >= 0.3 is 0 Å². The van der Waals surface area contributed by atoms with E-state index in [4.69, 9.17) is 0 Å². The number of aryl methyl sites for hydroxylation is 1. The van der Waals surface area contributed by atoms with Crippen molar-refractivity contribution in [2.75, 3.05) is 0 Å². The molecule has 0 aromatic heterocycles. The predicted octanol–water partition coefficient (Wildman–Crippen LogP) is 4.57. The highest BCUT2D eigenvalue weighted by Crippen LogP contribution is 2.34. The summed E-state index contributed by atoms with van der Waals surface area (Å²) in [6.07, 6.45) is 7.76. The molecule has 1 atom stereocenters. The molecule has 1 nitrogen and oxygen atoms in total. The second-order valence-electron chi connectivity index (χ2n) is 5.27. The van der Waals surface area contributed by atoms with Crippen molar-refractivity contribution in [3.8, 4) is 6.07 Å². The van der Waals surface area contributed by atoms with Crippen molar-refractivity contribution in [1.29, 1.82) is 5.26 Å². The summed E-state index contributed by atoms with van der Waals surface area (Å²) >= 11 is 0. The van der Waals surface area contributed by atoms with Crippen LogP contribution in [-0.2, 0) is 0 Å². The van der Waals surface area contributed by atoms with Gasteiger partial charge in [0.25, 0.3) is 0 Å². The number of hydrogen-bond donors (Lipinski definition) is 0. The maximum atomic E-state index is 9.44. The lowest BCUT2D eigenvalue weighted by molar-refractivity contribution is 0.424. The molecule has 0 amide bonds. The first-order valence-corrected chi connectivity index (χ1v) is 6.77. The zero-order chi connectivity index (χ0) is 12.1. The van der Waals surface area contributed by atoms with E-state index in [0.717, 1.165) is 0 Å². The third-order valence-electron chi connectivity index (χ3n) is 3.95. The monoisotopic (exact) mass is 227 g/mol. The zero-order valence-electron chi connectivity index (χ0n) is 10.7. The quantitative estimate of drug-likeness (QED) is 0.679. The van der Waals surface area contributed by atoms with Gasteiger partial charge in [-0.05, 0) is 31.2 Å². The predicted molar refractivity (Wildman–Crippen MR) is 70.7 cm³/mol. The minimum atomic E-state index is 0.105. The summed E-state index contributed by atoms with van der Waals surface area (Å²) in [4.78, 5) is 0. The molecule has 0 bridgehead atoms. The molecule has 1 aliphatic rings. The van der Waals surface area contributed by atoms with Gasteiger partial charge in [-0.3, -0.25) is 0 Å². The lowest BCUT2D eigenvalue weighted by Gasteiger charge is -2.20. The maximum Gasteiger partial charge on any atom is 0.0740 e. The standard InChI is InChI=1S/C16H21N/c1-13-8-10-15(11-9-13)16(12-17)14-6-4-2-3-5-7-14/h8-11,14,16H,2-7H2,1H3. The van der Waals surface area contributed by atoms with Crippen LogP contribution in [0.1, 0.15) is 55.6 Å². The van der Waals surface area contributed by atoms with E-state index in [0.29, 0.717) is 5.92 Å². The molecule has 1 aliphatic carbocycles. The van der Waals surface area contributed by atoms with Crippen LogP contribution >= 0.6 is 0 Å². The first kappa shape index (κ1) is 12.2. The first-order chi connectivity index (χ1) is 8.31. The Kier molecular flexibility index (Phi) is 4.20. The molecule has 0 heterocycles. The fourth-order valence-corrected chi connectivity index (χ4v) is 2.87. The van der Waals surface area contributed by atoms with E-state index in [-0.39, 0.29) is 5.92 Å². The Morgan fingerprint density at radius 1 is 1.06 bits per heavy atom. The number of nitriles is 1. The van der Waals surface area contributed by atoms with Crippen molar-refractivity contribution in [1.82, 2.24) is 0 Å². The Morgan fingerprint density at radius 2 is 1.65 bits per heavy atom. The summed E-state index contributed by atoms with van der Waals surface area (Å²) < 4.78 is 0. The summed E-state index contributed by atoms with van der Waals surface area (Å²) in [6, 6.07) is 11.0. The summed E-state index contributed by atoms with van der Waals surface area (Å²) in [7, 11) is 0. The smallest absolute Gasteiger partial charge is 0.0740 e. The third-order valence-corrected chi connectivity index (χ3v) is 3.95. The van der Waals surface area contributed by atoms with Gasteiger partial charge in [-0.2, -0.15) is 5.26 Å². The van der Waals surface area contributed by atoms with E-state index in [1.807, 2.05) is 0 Å². The largest absolute Gasteiger partial charge is 0.198 e. The maximum absolute atomic E-state index is 9.44. The van der Waals surface area contributed by atoms with E-state index in [9.17, 15) is 5.26 Å². The molecule has 0 saturated heterocycles. The minimum absolute atomic E-state index is 0.105. The Bertz CT molecular complexity index is 377. The van der Waals surface area contributed by atoms with Crippen LogP contribution in [0.15, 0.2) is 24.3 Å². The van der Waals surface area contributed by atoms with Crippen molar-refractivity contribution in [3.05, 3.63) is 35.4 Å². The molecule has 1 aromatic rings. The van der Waals surface area contributed by atoms with Gasteiger partial charge < -0.3 is 0 Å². The van der Waals surface area contributed by atoms with Gasteiger partial charge in [0.15, 0.2) is 0 Å². The first-order valence-electron chi connectivity index (χ1n) is 6.77. The van der Waals surface area contributed by atoms with Gasteiger partial charge in [0.1, 0.15) is 0 Å². The molecule has 0 spiro atoms. The average Bonchev–Trinajstić information content (AvgIpc) is 2.62. The Labute approximate surface area is 104 Å². The van der Waals surface area contributed by atoms with Crippen LogP contribution in [0.25, 0.3) is 0 Å². The number of rotatable bonds is 2. The van der Waals surface area contributed by atoms with E-state index >= 15 is 0 Å². The second-order valence-corrected chi connectivity index (χ2v) is 5.27. The fourth-order valence-electron chi connectivity index (χ4n) is 2.87. The van der Waals surface area contributed by atoms with E-state index in [1.165, 1.54) is 49.7 Å². The fraction of sp³-hybridized carbons (Fsp3) is 0.562. The molecule has 0 aliphatic heterocycles. The lowest BCUT2D eigenvalue weighted by atomic mass is 9.82. The third kappa shape index (κ3) is 3.09. The average molecular weight is 227 g/mol. The molecular formula is C16H21N. The normalized spacial score (nSPS) is 19.3. The zero-order valence-corrected chi connectivity index (χ0v) is 10.7. The Morgan fingerprint density at radius 3 is 2.18 bits per heavy atom. The SMILES string of the molecule is Cc1ccc(C(C#N)C2CCCCCC2)cc1. The summed E-state index contributed by atoms with van der Waals surface area (Å²) in [5.74, 6) is 0.680. The van der Waals surface area contributed by atoms with Gasteiger partial charge in [-0.25, -0.2) is 0 Å². The number of nitrogens with zero attached hydrogens (tertiary/aromatic N) is 1. The van der Waals surface area contributed by atoms with E-state index in [2.05, 4.69) is 37.3 Å². The van der Waals surface area contributed by atoms with Crippen LogP contribution in [-0.4, -0.2) is 0 Å². The molecule has 1 unspecified atom stereocenters. The number of benzene rings is 1. The lowest BCUT2D eigenvalue weighted by Crippen LogP contribution is -2.10. The van der Waals surface area contributed by atoms with Gasteiger partial charge in [-0.1, -0.05) is 55.5 Å². The molecule has 2 rings (SSSR count). The van der Waals surface area contributed by atoms with Crippen molar-refractivity contribution in [3.63, 3.8) is 0 Å². The van der Waals surface area contributed by atoms with Crippen molar-refractivity contribution >= 4 is 0 Å². The van der Waals surface area contributed by atoms with Crippen molar-refractivity contribution in [2.45, 2.75) is 51.4 Å². The molecule has 1 aromatic carbocycles. The van der Waals surface area contributed by atoms with Crippen LogP contribution in [0.2, 0.25) is 0 Å². The summed E-state index contributed by atoms with van der Waals surface area (Å²) in [6.45, 7) is 2.09. The van der Waals surface area contributed by atoms with Gasteiger partial charge in [-0.15, -0.1) is 0 Å². The van der Waals surface area contributed by atoms with Crippen molar-refractivity contribution in [2.24, 2.45) is 5.92 Å². The molecule has 17 heavy (non-hydrogen) atoms. The van der Waals surface area contributed by atoms with Crippen LogP contribution in [0, 0.1) is 24.2 Å². The van der Waals surface area contributed by atoms with Crippen LogP contribution in [0.3, 0.4) is 0 Å². The second kappa shape index (κ2) is 5.87. The summed E-state index contributed by atoms with van der Waals surface area (Å²) in [5.41, 5.74) is 2.48. The number of hydrogen-bond acceptors (Lipinski definition) is 1. The topological polar surface area (TPSA) is 23.8 Å². The molecule has 90 valence electrons. The highest BCUT2D eigenvalue weighted by Gasteiger charge is 2.23.